The van der Waals surface area contributed by atoms with Gasteiger partial charge in [-0.1, -0.05) is 18.2 Å². The highest BCUT2D eigenvalue weighted by Gasteiger charge is 2.06. The van der Waals surface area contributed by atoms with Crippen molar-refractivity contribution in [3.63, 3.8) is 0 Å². The van der Waals surface area contributed by atoms with Crippen molar-refractivity contribution >= 4 is 22.9 Å². The first-order valence-corrected chi connectivity index (χ1v) is 6.95. The van der Waals surface area contributed by atoms with E-state index < -0.39 is 0 Å². The Morgan fingerprint density at radius 3 is 2.63 bits per heavy atom. The Kier molecular flexibility index (Phi) is 4.52. The standard InChI is InChI=1S/C14H17N3OS/c1-10-13(19-11(2)17-10)8-16-14(18)9-15-12-6-4-3-5-7-12/h3-7,15H,8-9H2,1-2H3,(H,16,18). The van der Waals surface area contributed by atoms with Crippen LogP contribution in [0.5, 0.6) is 0 Å². The highest BCUT2D eigenvalue weighted by Crippen LogP contribution is 2.16. The molecular formula is C14H17N3OS. The Morgan fingerprint density at radius 2 is 2.00 bits per heavy atom. The first-order valence-electron chi connectivity index (χ1n) is 6.13. The monoisotopic (exact) mass is 275 g/mol. The minimum Gasteiger partial charge on any atom is -0.376 e. The molecule has 0 fully saturated rings. The van der Waals surface area contributed by atoms with Crippen LogP contribution in [0.25, 0.3) is 0 Å². The maximum atomic E-state index is 11.7. The fourth-order valence-corrected chi connectivity index (χ4v) is 2.59. The van der Waals surface area contributed by atoms with Crippen LogP contribution in [0.1, 0.15) is 15.6 Å². The van der Waals surface area contributed by atoms with Crippen molar-refractivity contribution in [1.29, 1.82) is 0 Å². The summed E-state index contributed by atoms with van der Waals surface area (Å²) in [6.07, 6.45) is 0. The molecule has 19 heavy (non-hydrogen) atoms. The van der Waals surface area contributed by atoms with Gasteiger partial charge in [-0.25, -0.2) is 4.98 Å². The number of carbonyl (C=O) groups excluding carboxylic acids is 1. The number of aromatic nitrogens is 1. The highest BCUT2D eigenvalue weighted by atomic mass is 32.1. The molecule has 1 heterocycles. The minimum absolute atomic E-state index is 0.0192. The lowest BCUT2D eigenvalue weighted by atomic mass is 10.3. The summed E-state index contributed by atoms with van der Waals surface area (Å²) in [5, 5.41) is 7.00. The number of anilines is 1. The molecule has 1 aromatic carbocycles. The maximum absolute atomic E-state index is 11.7. The predicted molar refractivity (Wildman–Crippen MR) is 78.4 cm³/mol. The minimum atomic E-state index is -0.0192. The van der Waals surface area contributed by atoms with Gasteiger partial charge in [0, 0.05) is 10.6 Å². The predicted octanol–water partition coefficient (Wildman–Crippen LogP) is 2.49. The van der Waals surface area contributed by atoms with Gasteiger partial charge in [0.1, 0.15) is 0 Å². The van der Waals surface area contributed by atoms with Gasteiger partial charge in [0.2, 0.25) is 5.91 Å². The molecule has 0 spiro atoms. The van der Waals surface area contributed by atoms with Gasteiger partial charge in [-0.3, -0.25) is 4.79 Å². The number of nitrogens with one attached hydrogen (secondary N) is 2. The largest absolute Gasteiger partial charge is 0.376 e. The van der Waals surface area contributed by atoms with Gasteiger partial charge in [0.05, 0.1) is 23.8 Å². The van der Waals surface area contributed by atoms with E-state index in [1.54, 1.807) is 11.3 Å². The average Bonchev–Trinajstić information content (AvgIpc) is 2.73. The number of para-hydroxylation sites is 1. The fourth-order valence-electron chi connectivity index (χ4n) is 1.72. The molecule has 2 N–H and O–H groups in total. The van der Waals surface area contributed by atoms with Crippen molar-refractivity contribution in [3.05, 3.63) is 45.9 Å². The van der Waals surface area contributed by atoms with Crippen LogP contribution in [0.2, 0.25) is 0 Å². The second-order valence-corrected chi connectivity index (χ2v) is 5.53. The van der Waals surface area contributed by atoms with E-state index in [1.807, 2.05) is 44.2 Å². The molecule has 0 aliphatic carbocycles. The van der Waals surface area contributed by atoms with E-state index in [-0.39, 0.29) is 12.5 Å². The molecule has 1 aromatic heterocycles. The number of rotatable bonds is 5. The van der Waals surface area contributed by atoms with Gasteiger partial charge in [-0.2, -0.15) is 0 Å². The SMILES string of the molecule is Cc1nc(C)c(CNC(=O)CNc2ccccc2)s1. The molecule has 2 rings (SSSR count). The first kappa shape index (κ1) is 13.5. The van der Waals surface area contributed by atoms with Crippen molar-refractivity contribution < 1.29 is 4.79 Å². The Morgan fingerprint density at radius 1 is 1.26 bits per heavy atom. The van der Waals surface area contributed by atoms with Crippen molar-refractivity contribution in [2.24, 2.45) is 0 Å². The molecule has 0 aliphatic heterocycles. The van der Waals surface area contributed by atoms with E-state index in [4.69, 9.17) is 0 Å². The summed E-state index contributed by atoms with van der Waals surface area (Å²) in [7, 11) is 0. The van der Waals surface area contributed by atoms with Gasteiger partial charge in [-0.15, -0.1) is 11.3 Å². The van der Waals surface area contributed by atoms with Crippen molar-refractivity contribution in [2.45, 2.75) is 20.4 Å². The lowest BCUT2D eigenvalue weighted by Crippen LogP contribution is -2.29. The zero-order valence-corrected chi connectivity index (χ0v) is 11.9. The molecule has 1 amide bonds. The maximum Gasteiger partial charge on any atom is 0.239 e. The Labute approximate surface area is 116 Å². The van der Waals surface area contributed by atoms with Crippen LogP contribution >= 0.6 is 11.3 Å². The Balaban J connectivity index is 1.77. The van der Waals surface area contributed by atoms with Gasteiger partial charge < -0.3 is 10.6 Å². The fraction of sp³-hybridized carbons (Fsp3) is 0.286. The summed E-state index contributed by atoms with van der Waals surface area (Å²) >= 11 is 1.62. The van der Waals surface area contributed by atoms with E-state index in [2.05, 4.69) is 15.6 Å². The number of aryl methyl sites for hydroxylation is 2. The Hall–Kier alpha value is -1.88. The summed E-state index contributed by atoms with van der Waals surface area (Å²) < 4.78 is 0. The molecule has 0 saturated carbocycles. The van der Waals surface area contributed by atoms with E-state index in [1.165, 1.54) is 0 Å². The molecule has 5 heteroatoms. The van der Waals surface area contributed by atoms with E-state index in [9.17, 15) is 4.79 Å². The molecule has 0 unspecified atom stereocenters. The third-order valence-electron chi connectivity index (χ3n) is 2.67. The van der Waals surface area contributed by atoms with Gasteiger partial charge in [0.25, 0.3) is 0 Å². The molecule has 0 aliphatic rings. The van der Waals surface area contributed by atoms with Crippen LogP contribution < -0.4 is 10.6 Å². The van der Waals surface area contributed by atoms with E-state index in [0.717, 1.165) is 21.3 Å². The second kappa shape index (κ2) is 6.33. The molecular weight excluding hydrogens is 258 g/mol. The number of nitrogens with zero attached hydrogens (tertiary/aromatic N) is 1. The number of thiazole rings is 1. The third-order valence-corrected chi connectivity index (χ3v) is 3.75. The van der Waals surface area contributed by atoms with Crippen molar-refractivity contribution in [1.82, 2.24) is 10.3 Å². The zero-order chi connectivity index (χ0) is 13.7. The van der Waals surface area contributed by atoms with Crippen molar-refractivity contribution in [3.8, 4) is 0 Å². The summed E-state index contributed by atoms with van der Waals surface area (Å²) in [4.78, 5) is 17.2. The molecule has 100 valence electrons. The van der Waals surface area contributed by atoms with Crippen LogP contribution in [0.15, 0.2) is 30.3 Å². The molecule has 0 saturated heterocycles. The number of hydrogen-bond donors (Lipinski definition) is 2. The Bertz CT molecular complexity index is 551. The molecule has 0 atom stereocenters. The smallest absolute Gasteiger partial charge is 0.239 e. The summed E-state index contributed by atoms with van der Waals surface area (Å²) in [5.41, 5.74) is 1.95. The second-order valence-electron chi connectivity index (χ2n) is 4.24. The molecule has 0 radical (unpaired) electrons. The topological polar surface area (TPSA) is 54.0 Å². The normalized spacial score (nSPS) is 10.2. The highest BCUT2D eigenvalue weighted by molar-refractivity contribution is 7.11. The average molecular weight is 275 g/mol. The van der Waals surface area contributed by atoms with Gasteiger partial charge >= 0.3 is 0 Å². The summed E-state index contributed by atoms with van der Waals surface area (Å²) in [6.45, 7) is 4.76. The molecule has 4 nitrogen and oxygen atoms in total. The van der Waals surface area contributed by atoms with Crippen LogP contribution in [0.4, 0.5) is 5.69 Å². The van der Waals surface area contributed by atoms with Crippen LogP contribution in [0.3, 0.4) is 0 Å². The number of amides is 1. The number of carbonyl (C=O) groups is 1. The third kappa shape index (κ3) is 4.06. The van der Waals surface area contributed by atoms with Crippen LogP contribution in [-0.4, -0.2) is 17.4 Å². The van der Waals surface area contributed by atoms with E-state index >= 15 is 0 Å². The van der Waals surface area contributed by atoms with Crippen LogP contribution in [-0.2, 0) is 11.3 Å². The van der Waals surface area contributed by atoms with Gasteiger partial charge in [-0.05, 0) is 26.0 Å². The first-order chi connectivity index (χ1) is 9.15. The quantitative estimate of drug-likeness (QED) is 0.881. The molecule has 2 aromatic rings. The molecule has 0 bridgehead atoms. The van der Waals surface area contributed by atoms with Gasteiger partial charge in [0.15, 0.2) is 0 Å². The lowest BCUT2D eigenvalue weighted by Gasteiger charge is -2.07. The van der Waals surface area contributed by atoms with Crippen LogP contribution in [0, 0.1) is 13.8 Å². The lowest BCUT2D eigenvalue weighted by molar-refractivity contribution is -0.119. The number of benzene rings is 1. The summed E-state index contributed by atoms with van der Waals surface area (Å²) in [5.74, 6) is -0.0192. The summed E-state index contributed by atoms with van der Waals surface area (Å²) in [6, 6.07) is 9.68. The number of hydrogen-bond acceptors (Lipinski definition) is 4. The zero-order valence-electron chi connectivity index (χ0n) is 11.1. The van der Waals surface area contributed by atoms with E-state index in [0.29, 0.717) is 6.54 Å². The van der Waals surface area contributed by atoms with Crippen molar-refractivity contribution in [2.75, 3.05) is 11.9 Å².